The summed E-state index contributed by atoms with van der Waals surface area (Å²) in [5.74, 6) is 0.856. The fourth-order valence-corrected chi connectivity index (χ4v) is 5.05. The molecule has 0 saturated heterocycles. The second kappa shape index (κ2) is 9.89. The van der Waals surface area contributed by atoms with E-state index in [1.54, 1.807) is 38.4 Å². The smallest absolute Gasteiger partial charge is 0.211 e. The van der Waals surface area contributed by atoms with Gasteiger partial charge in [-0.15, -0.1) is 0 Å². The molecular weight excluding hydrogens is 483 g/mol. The average Bonchev–Trinajstić information content (AvgIpc) is 2.81. The van der Waals surface area contributed by atoms with E-state index in [2.05, 4.69) is 15.3 Å². The van der Waals surface area contributed by atoms with Crippen LogP contribution in [0.2, 0.25) is 5.02 Å². The van der Waals surface area contributed by atoms with Crippen molar-refractivity contribution in [3.05, 3.63) is 47.5 Å². The molecule has 182 valence electrons. The fourth-order valence-electron chi connectivity index (χ4n) is 4.12. The molecule has 0 spiro atoms. The fraction of sp³-hybridized carbons (Fsp3) is 0.391. The van der Waals surface area contributed by atoms with Gasteiger partial charge in [0.05, 0.1) is 35.7 Å². The summed E-state index contributed by atoms with van der Waals surface area (Å²) in [5.41, 5.74) is 0.793. The lowest BCUT2D eigenvalue weighted by Crippen LogP contribution is -2.40. The van der Waals surface area contributed by atoms with E-state index < -0.39 is 15.8 Å². The van der Waals surface area contributed by atoms with Crippen molar-refractivity contribution in [3.63, 3.8) is 0 Å². The summed E-state index contributed by atoms with van der Waals surface area (Å²) in [5, 5.41) is 3.62. The number of anilines is 2. The van der Waals surface area contributed by atoms with Crippen LogP contribution in [0.4, 0.5) is 15.9 Å². The Morgan fingerprint density at radius 3 is 2.56 bits per heavy atom. The van der Waals surface area contributed by atoms with Crippen LogP contribution in [-0.4, -0.2) is 55.3 Å². The highest BCUT2D eigenvalue weighted by molar-refractivity contribution is 7.88. The highest BCUT2D eigenvalue weighted by Crippen LogP contribution is 2.37. The maximum atomic E-state index is 14.4. The van der Waals surface area contributed by atoms with Crippen LogP contribution in [0.3, 0.4) is 0 Å². The molecule has 34 heavy (non-hydrogen) atoms. The molecule has 1 saturated carbocycles. The molecule has 1 N–H and O–H groups in total. The Kier molecular flexibility index (Phi) is 7.11. The van der Waals surface area contributed by atoms with E-state index in [4.69, 9.17) is 21.1 Å². The summed E-state index contributed by atoms with van der Waals surface area (Å²) < 4.78 is 51.4. The number of ether oxygens (including phenoxy) is 2. The van der Waals surface area contributed by atoms with Crippen LogP contribution in [0.25, 0.3) is 10.9 Å². The third kappa shape index (κ3) is 5.18. The van der Waals surface area contributed by atoms with Crippen molar-refractivity contribution < 1.29 is 22.3 Å². The van der Waals surface area contributed by atoms with Crippen LogP contribution in [0.5, 0.6) is 11.5 Å². The highest BCUT2D eigenvalue weighted by atomic mass is 35.5. The number of nitrogens with one attached hydrogen (secondary N) is 1. The highest BCUT2D eigenvalue weighted by Gasteiger charge is 2.29. The van der Waals surface area contributed by atoms with Gasteiger partial charge in [0.2, 0.25) is 10.0 Å². The lowest BCUT2D eigenvalue weighted by Gasteiger charge is -2.33. The van der Waals surface area contributed by atoms with E-state index in [1.165, 1.54) is 23.0 Å². The summed E-state index contributed by atoms with van der Waals surface area (Å²) in [7, 11) is -0.0684. The number of sulfonamides is 1. The van der Waals surface area contributed by atoms with E-state index in [-0.39, 0.29) is 22.9 Å². The van der Waals surface area contributed by atoms with E-state index in [9.17, 15) is 12.8 Å². The summed E-state index contributed by atoms with van der Waals surface area (Å²) in [6, 6.07) is 8.17. The van der Waals surface area contributed by atoms with Crippen LogP contribution >= 0.6 is 11.6 Å². The molecule has 0 unspecified atom stereocenters. The van der Waals surface area contributed by atoms with Gasteiger partial charge in [0.25, 0.3) is 0 Å². The van der Waals surface area contributed by atoms with Crippen LogP contribution in [-0.2, 0) is 10.0 Å². The second-order valence-electron chi connectivity index (χ2n) is 8.30. The first-order chi connectivity index (χ1) is 16.2. The van der Waals surface area contributed by atoms with Crippen LogP contribution in [0.1, 0.15) is 25.7 Å². The zero-order valence-corrected chi connectivity index (χ0v) is 20.7. The molecule has 1 aliphatic carbocycles. The Morgan fingerprint density at radius 1 is 1.15 bits per heavy atom. The molecule has 0 bridgehead atoms. The van der Waals surface area contributed by atoms with Gasteiger partial charge in [0, 0.05) is 24.5 Å². The Bertz CT molecular complexity index is 1300. The van der Waals surface area contributed by atoms with Gasteiger partial charge in [0.15, 0.2) is 17.3 Å². The molecule has 1 heterocycles. The predicted molar refractivity (Wildman–Crippen MR) is 130 cm³/mol. The van der Waals surface area contributed by atoms with Gasteiger partial charge in [-0.3, -0.25) is 0 Å². The van der Waals surface area contributed by atoms with Crippen molar-refractivity contribution in [1.29, 1.82) is 0 Å². The lowest BCUT2D eigenvalue weighted by atomic mass is 9.93. The van der Waals surface area contributed by atoms with Gasteiger partial charge < -0.3 is 14.8 Å². The topological polar surface area (TPSA) is 93.7 Å². The van der Waals surface area contributed by atoms with Crippen LogP contribution in [0.15, 0.2) is 36.7 Å². The minimum absolute atomic E-state index is 0.00572. The zero-order valence-electron chi connectivity index (χ0n) is 19.1. The average molecular weight is 509 g/mol. The molecule has 0 radical (unpaired) electrons. The monoisotopic (exact) mass is 508 g/mol. The summed E-state index contributed by atoms with van der Waals surface area (Å²) >= 11 is 5.91. The van der Waals surface area contributed by atoms with Crippen molar-refractivity contribution in [2.75, 3.05) is 25.7 Å². The van der Waals surface area contributed by atoms with E-state index in [0.717, 1.165) is 0 Å². The number of hydrogen-bond donors (Lipinski definition) is 1. The third-order valence-electron chi connectivity index (χ3n) is 6.10. The van der Waals surface area contributed by atoms with Gasteiger partial charge in [-0.05, 0) is 43.9 Å². The van der Waals surface area contributed by atoms with Crippen molar-refractivity contribution >= 4 is 44.0 Å². The quantitative estimate of drug-likeness (QED) is 0.492. The molecule has 8 nitrogen and oxygen atoms in total. The second-order valence-corrected chi connectivity index (χ2v) is 10.7. The largest absolute Gasteiger partial charge is 0.493 e. The minimum Gasteiger partial charge on any atom is -0.493 e. The van der Waals surface area contributed by atoms with E-state index in [1.807, 2.05) is 0 Å². The molecule has 11 heteroatoms. The predicted octanol–water partition coefficient (Wildman–Crippen LogP) is 4.76. The normalized spacial score (nSPS) is 18.8. The number of halogens is 2. The Morgan fingerprint density at radius 2 is 1.88 bits per heavy atom. The van der Waals surface area contributed by atoms with Gasteiger partial charge in [-0.2, -0.15) is 0 Å². The van der Waals surface area contributed by atoms with Crippen LogP contribution in [0, 0.1) is 5.82 Å². The van der Waals surface area contributed by atoms with Crippen molar-refractivity contribution in [1.82, 2.24) is 14.3 Å². The maximum Gasteiger partial charge on any atom is 0.211 e. The first-order valence-corrected chi connectivity index (χ1v) is 13.0. The molecule has 0 atom stereocenters. The van der Waals surface area contributed by atoms with Crippen LogP contribution < -0.4 is 14.8 Å². The standard InChI is InChI=1S/C23H26ClFN4O4S/c1-29(34(3,30)31)14-7-9-15(10-8-14)33-21-11-16-19(12-20(21)32-2)26-13-27-23(16)28-18-6-4-5-17(24)22(18)25/h4-6,11-15H,7-10H2,1-3H3,(H,26,27,28)/t14-,15+. The van der Waals surface area contributed by atoms with Crippen molar-refractivity contribution in [2.45, 2.75) is 37.8 Å². The lowest BCUT2D eigenvalue weighted by molar-refractivity contribution is 0.122. The summed E-state index contributed by atoms with van der Waals surface area (Å²) in [4.78, 5) is 8.58. The molecule has 1 fully saturated rings. The van der Waals surface area contributed by atoms with Gasteiger partial charge in [-0.25, -0.2) is 27.1 Å². The SMILES string of the molecule is COc1cc2ncnc(Nc3cccc(Cl)c3F)c2cc1O[C@H]1CC[C@@H](N(C)S(C)(=O)=O)CC1. The van der Waals surface area contributed by atoms with E-state index >= 15 is 0 Å². The molecule has 0 amide bonds. The van der Waals surface area contributed by atoms with Crippen molar-refractivity contribution in [2.24, 2.45) is 0 Å². The van der Waals surface area contributed by atoms with E-state index in [0.29, 0.717) is 53.9 Å². The Hall–Kier alpha value is -2.69. The van der Waals surface area contributed by atoms with Gasteiger partial charge in [-0.1, -0.05) is 17.7 Å². The molecule has 4 rings (SSSR count). The first kappa shape index (κ1) is 24.4. The number of nitrogens with zero attached hydrogens (tertiary/aromatic N) is 3. The first-order valence-electron chi connectivity index (χ1n) is 10.8. The Balaban J connectivity index is 1.58. The zero-order chi connectivity index (χ0) is 24.5. The number of fused-ring (bicyclic) bond motifs is 1. The summed E-state index contributed by atoms with van der Waals surface area (Å²) in [6.07, 6.45) is 5.32. The minimum atomic E-state index is -3.23. The Labute approximate surface area is 203 Å². The number of methoxy groups -OCH3 is 1. The number of hydrogen-bond acceptors (Lipinski definition) is 7. The molecule has 3 aromatic rings. The molecule has 2 aromatic carbocycles. The van der Waals surface area contributed by atoms with Crippen molar-refractivity contribution in [3.8, 4) is 11.5 Å². The van der Waals surface area contributed by atoms with Gasteiger partial charge in [0.1, 0.15) is 12.1 Å². The molecule has 0 aliphatic heterocycles. The molecule has 1 aliphatic rings. The number of rotatable bonds is 7. The number of aromatic nitrogens is 2. The summed E-state index contributed by atoms with van der Waals surface area (Å²) in [6.45, 7) is 0. The van der Waals surface area contributed by atoms with Gasteiger partial charge >= 0.3 is 0 Å². The third-order valence-corrected chi connectivity index (χ3v) is 7.74. The number of benzene rings is 2. The maximum absolute atomic E-state index is 14.4. The molecular formula is C23H26ClFN4O4S. The molecule has 1 aromatic heterocycles.